The van der Waals surface area contributed by atoms with E-state index >= 15 is 0 Å². The van der Waals surface area contributed by atoms with E-state index in [-0.39, 0.29) is 5.97 Å². The molecule has 0 bridgehead atoms. The molecule has 0 fully saturated rings. The van der Waals surface area contributed by atoms with E-state index < -0.39 is 0 Å². The van der Waals surface area contributed by atoms with Gasteiger partial charge in [-0.1, -0.05) is 44.2 Å². The van der Waals surface area contributed by atoms with Crippen LogP contribution in [-0.4, -0.2) is 12.6 Å². The van der Waals surface area contributed by atoms with Gasteiger partial charge in [-0.05, 0) is 24.0 Å². The molecular formula is C14H18O2. The Morgan fingerprint density at radius 3 is 2.44 bits per heavy atom. The van der Waals surface area contributed by atoms with Gasteiger partial charge < -0.3 is 4.74 Å². The van der Waals surface area contributed by atoms with E-state index in [4.69, 9.17) is 4.74 Å². The van der Waals surface area contributed by atoms with Crippen LogP contribution < -0.4 is 0 Å². The Morgan fingerprint density at radius 2 is 1.94 bits per heavy atom. The van der Waals surface area contributed by atoms with Gasteiger partial charge in [-0.15, -0.1) is 0 Å². The lowest BCUT2D eigenvalue weighted by Gasteiger charge is -2.11. The van der Waals surface area contributed by atoms with Gasteiger partial charge in [0.05, 0.1) is 6.61 Å². The standard InChI is InChI=1S/C14H18O2/c1-4-16-14(15)10-13(11(2)3)12-8-6-5-7-9-12/h5-11H,4H2,1-3H3/b13-10-. The lowest BCUT2D eigenvalue weighted by molar-refractivity contribution is -0.137. The summed E-state index contributed by atoms with van der Waals surface area (Å²) in [7, 11) is 0. The Bertz CT molecular complexity index is 364. The molecule has 0 amide bonds. The first-order valence-corrected chi connectivity index (χ1v) is 5.59. The minimum atomic E-state index is -0.268. The fourth-order valence-corrected chi connectivity index (χ4v) is 1.52. The lowest BCUT2D eigenvalue weighted by Crippen LogP contribution is -2.03. The van der Waals surface area contributed by atoms with Crippen LogP contribution in [0.1, 0.15) is 26.3 Å². The quantitative estimate of drug-likeness (QED) is 0.572. The Kier molecular flexibility index (Phi) is 4.77. The van der Waals surface area contributed by atoms with Crippen molar-refractivity contribution in [2.45, 2.75) is 20.8 Å². The number of allylic oxidation sites excluding steroid dienone is 1. The first-order chi connectivity index (χ1) is 7.65. The third kappa shape index (κ3) is 3.54. The Hall–Kier alpha value is -1.57. The number of esters is 1. The Balaban J connectivity index is 2.96. The van der Waals surface area contributed by atoms with Gasteiger partial charge in [-0.25, -0.2) is 4.79 Å². The number of rotatable bonds is 4. The molecule has 16 heavy (non-hydrogen) atoms. The smallest absolute Gasteiger partial charge is 0.331 e. The normalized spacial score (nSPS) is 11.6. The topological polar surface area (TPSA) is 26.3 Å². The van der Waals surface area contributed by atoms with Gasteiger partial charge in [0, 0.05) is 6.08 Å². The number of ether oxygens (including phenoxy) is 1. The zero-order chi connectivity index (χ0) is 12.0. The lowest BCUT2D eigenvalue weighted by atomic mass is 9.95. The van der Waals surface area contributed by atoms with Crippen molar-refractivity contribution in [3.63, 3.8) is 0 Å². The molecule has 0 aliphatic rings. The van der Waals surface area contributed by atoms with Crippen molar-refractivity contribution in [2.24, 2.45) is 5.92 Å². The Labute approximate surface area is 96.9 Å². The van der Waals surface area contributed by atoms with Gasteiger partial charge >= 0.3 is 5.97 Å². The maximum absolute atomic E-state index is 11.4. The van der Waals surface area contributed by atoms with Crippen molar-refractivity contribution < 1.29 is 9.53 Å². The third-order valence-electron chi connectivity index (χ3n) is 2.29. The van der Waals surface area contributed by atoms with Gasteiger partial charge in [0.15, 0.2) is 0 Å². The number of carbonyl (C=O) groups excluding carboxylic acids is 1. The zero-order valence-corrected chi connectivity index (χ0v) is 10.1. The molecule has 1 rings (SSSR count). The molecule has 0 atom stereocenters. The first-order valence-electron chi connectivity index (χ1n) is 5.59. The van der Waals surface area contributed by atoms with E-state index in [0.29, 0.717) is 12.5 Å². The summed E-state index contributed by atoms with van der Waals surface area (Å²) in [5, 5.41) is 0. The van der Waals surface area contributed by atoms with E-state index in [9.17, 15) is 4.79 Å². The van der Waals surface area contributed by atoms with Gasteiger partial charge in [0.2, 0.25) is 0 Å². The van der Waals surface area contributed by atoms with Gasteiger partial charge in [-0.3, -0.25) is 0 Å². The number of hydrogen-bond donors (Lipinski definition) is 0. The Morgan fingerprint density at radius 1 is 1.31 bits per heavy atom. The minimum Gasteiger partial charge on any atom is -0.463 e. The average molecular weight is 218 g/mol. The summed E-state index contributed by atoms with van der Waals surface area (Å²) in [5.74, 6) is 0.0295. The largest absolute Gasteiger partial charge is 0.463 e. The van der Waals surface area contributed by atoms with E-state index in [1.54, 1.807) is 6.08 Å². The van der Waals surface area contributed by atoms with Crippen molar-refractivity contribution in [1.82, 2.24) is 0 Å². The highest BCUT2D eigenvalue weighted by Crippen LogP contribution is 2.22. The molecule has 86 valence electrons. The second-order valence-corrected chi connectivity index (χ2v) is 3.87. The van der Waals surface area contributed by atoms with Crippen LogP contribution in [0.4, 0.5) is 0 Å². The second kappa shape index (κ2) is 6.11. The van der Waals surface area contributed by atoms with Crippen LogP contribution in [0.5, 0.6) is 0 Å². The number of benzene rings is 1. The van der Waals surface area contributed by atoms with Gasteiger partial charge in [0.25, 0.3) is 0 Å². The van der Waals surface area contributed by atoms with E-state index in [0.717, 1.165) is 11.1 Å². The van der Waals surface area contributed by atoms with Crippen LogP contribution in [-0.2, 0) is 9.53 Å². The SMILES string of the molecule is CCOC(=O)/C=C(\c1ccccc1)C(C)C. The molecule has 2 heteroatoms. The molecule has 0 unspecified atom stereocenters. The average Bonchev–Trinajstić information content (AvgIpc) is 2.27. The molecule has 0 spiro atoms. The van der Waals surface area contributed by atoms with Crippen molar-refractivity contribution in [1.29, 1.82) is 0 Å². The summed E-state index contributed by atoms with van der Waals surface area (Å²) in [5.41, 5.74) is 2.09. The van der Waals surface area contributed by atoms with Crippen molar-refractivity contribution in [3.05, 3.63) is 42.0 Å². The first kappa shape index (κ1) is 12.5. The molecular weight excluding hydrogens is 200 g/mol. The van der Waals surface area contributed by atoms with Crippen molar-refractivity contribution >= 4 is 11.5 Å². The third-order valence-corrected chi connectivity index (χ3v) is 2.29. The van der Waals surface area contributed by atoms with E-state index in [1.165, 1.54) is 0 Å². The van der Waals surface area contributed by atoms with E-state index in [1.807, 2.05) is 37.3 Å². The molecule has 0 aliphatic heterocycles. The highest BCUT2D eigenvalue weighted by atomic mass is 16.5. The van der Waals surface area contributed by atoms with Crippen molar-refractivity contribution in [2.75, 3.05) is 6.61 Å². The van der Waals surface area contributed by atoms with Crippen molar-refractivity contribution in [3.8, 4) is 0 Å². The number of carbonyl (C=O) groups is 1. The second-order valence-electron chi connectivity index (χ2n) is 3.87. The summed E-state index contributed by atoms with van der Waals surface area (Å²) in [6.45, 7) is 6.36. The maximum atomic E-state index is 11.4. The van der Waals surface area contributed by atoms with Gasteiger partial charge in [0.1, 0.15) is 0 Å². The summed E-state index contributed by atoms with van der Waals surface area (Å²) < 4.78 is 4.93. The van der Waals surface area contributed by atoms with Crippen LogP contribution in [0.2, 0.25) is 0 Å². The summed E-state index contributed by atoms with van der Waals surface area (Å²) >= 11 is 0. The molecule has 0 saturated carbocycles. The van der Waals surface area contributed by atoms with Crippen LogP contribution in [0.3, 0.4) is 0 Å². The summed E-state index contributed by atoms with van der Waals surface area (Å²) in [4.78, 5) is 11.4. The molecule has 1 aromatic rings. The summed E-state index contributed by atoms with van der Waals surface area (Å²) in [6.07, 6.45) is 1.59. The molecule has 2 nitrogen and oxygen atoms in total. The fraction of sp³-hybridized carbons (Fsp3) is 0.357. The predicted octanol–water partition coefficient (Wildman–Crippen LogP) is 3.29. The van der Waals surface area contributed by atoms with Crippen LogP contribution >= 0.6 is 0 Å². The van der Waals surface area contributed by atoms with Crippen LogP contribution in [0, 0.1) is 5.92 Å². The zero-order valence-electron chi connectivity index (χ0n) is 10.1. The van der Waals surface area contributed by atoms with Crippen LogP contribution in [0.15, 0.2) is 36.4 Å². The fourth-order valence-electron chi connectivity index (χ4n) is 1.52. The highest BCUT2D eigenvalue weighted by molar-refractivity contribution is 5.91. The van der Waals surface area contributed by atoms with Gasteiger partial charge in [-0.2, -0.15) is 0 Å². The van der Waals surface area contributed by atoms with E-state index in [2.05, 4.69) is 13.8 Å². The van der Waals surface area contributed by atoms with Crippen LogP contribution in [0.25, 0.3) is 5.57 Å². The molecule has 0 aromatic heterocycles. The predicted molar refractivity (Wildman–Crippen MR) is 65.9 cm³/mol. The molecule has 0 radical (unpaired) electrons. The monoisotopic (exact) mass is 218 g/mol. The molecule has 0 N–H and O–H groups in total. The minimum absolute atomic E-state index is 0.268. The maximum Gasteiger partial charge on any atom is 0.331 e. The highest BCUT2D eigenvalue weighted by Gasteiger charge is 2.08. The summed E-state index contributed by atoms with van der Waals surface area (Å²) in [6, 6.07) is 9.91. The molecule has 0 heterocycles. The molecule has 0 aliphatic carbocycles. The molecule has 0 saturated heterocycles. The molecule has 1 aromatic carbocycles. The number of hydrogen-bond acceptors (Lipinski definition) is 2.